The molecule has 1 spiro atoms. The Labute approximate surface area is 177 Å². The fourth-order valence-electron chi connectivity index (χ4n) is 4.70. The second-order valence-electron chi connectivity index (χ2n) is 8.44. The zero-order valence-corrected chi connectivity index (χ0v) is 18.5. The van der Waals surface area contributed by atoms with Crippen LogP contribution in [0.15, 0.2) is 36.5 Å². The third kappa shape index (κ3) is 3.60. The highest BCUT2D eigenvalue weighted by Crippen LogP contribution is 2.43. The van der Waals surface area contributed by atoms with Crippen molar-refractivity contribution in [1.82, 2.24) is 24.1 Å². The molecule has 9 heteroatoms. The van der Waals surface area contributed by atoms with Crippen molar-refractivity contribution in [2.75, 3.05) is 25.9 Å². The van der Waals surface area contributed by atoms with E-state index in [0.717, 1.165) is 17.1 Å². The lowest BCUT2D eigenvalue weighted by atomic mass is 9.85. The molecule has 0 saturated carbocycles. The van der Waals surface area contributed by atoms with Crippen molar-refractivity contribution in [2.24, 2.45) is 0 Å². The Bertz CT molecular complexity index is 1020. The molecule has 1 aromatic carbocycles. The number of hydrogen-bond acceptors (Lipinski definition) is 4. The Morgan fingerprint density at radius 2 is 1.77 bits per heavy atom. The summed E-state index contributed by atoms with van der Waals surface area (Å²) in [4.78, 5) is 19.0. The summed E-state index contributed by atoms with van der Waals surface area (Å²) < 4.78 is 29.2. The van der Waals surface area contributed by atoms with Gasteiger partial charge in [0.1, 0.15) is 5.82 Å². The highest BCUT2D eigenvalue weighted by Gasteiger charge is 2.51. The summed E-state index contributed by atoms with van der Waals surface area (Å²) in [6.07, 6.45) is 4.16. The fourth-order valence-corrected chi connectivity index (χ4v) is 6.02. The molecular formula is C21H29N5O3S. The van der Waals surface area contributed by atoms with Gasteiger partial charge >= 0.3 is 6.03 Å². The molecule has 1 aromatic heterocycles. The van der Waals surface area contributed by atoms with Crippen molar-refractivity contribution >= 4 is 16.1 Å². The van der Waals surface area contributed by atoms with Crippen LogP contribution >= 0.6 is 0 Å². The Morgan fingerprint density at radius 3 is 2.37 bits per heavy atom. The van der Waals surface area contributed by atoms with Gasteiger partial charge in [-0.05, 0) is 32.3 Å². The number of carbonyl (C=O) groups excluding carboxylic acids is 1. The molecular weight excluding hydrogens is 402 g/mol. The molecule has 3 heterocycles. The van der Waals surface area contributed by atoms with E-state index in [-0.39, 0.29) is 12.1 Å². The number of piperidine rings is 1. The van der Waals surface area contributed by atoms with Gasteiger partial charge < -0.3 is 14.8 Å². The number of nitrogens with one attached hydrogen (secondary N) is 1. The number of rotatable bonds is 3. The fraction of sp³-hybridized carbons (Fsp3) is 0.524. The van der Waals surface area contributed by atoms with Gasteiger partial charge in [-0.1, -0.05) is 30.3 Å². The van der Waals surface area contributed by atoms with Crippen LogP contribution in [-0.4, -0.2) is 65.1 Å². The lowest BCUT2D eigenvalue weighted by Gasteiger charge is -2.49. The Morgan fingerprint density at radius 1 is 1.10 bits per heavy atom. The maximum atomic E-state index is 12.7. The van der Waals surface area contributed by atoms with Crippen molar-refractivity contribution < 1.29 is 13.2 Å². The van der Waals surface area contributed by atoms with Crippen LogP contribution in [0, 0.1) is 0 Å². The molecule has 1 N–H and O–H groups in total. The molecule has 4 rings (SSSR count). The molecule has 0 radical (unpaired) electrons. The molecule has 2 aliphatic heterocycles. The van der Waals surface area contributed by atoms with Gasteiger partial charge in [0, 0.05) is 32.2 Å². The second kappa shape index (κ2) is 7.70. The molecule has 2 aliphatic rings. The largest absolute Gasteiger partial charge is 0.336 e. The third-order valence-corrected chi connectivity index (χ3v) is 7.37. The van der Waals surface area contributed by atoms with Crippen LogP contribution in [0.25, 0.3) is 11.3 Å². The van der Waals surface area contributed by atoms with Crippen LogP contribution in [0.4, 0.5) is 4.79 Å². The average molecular weight is 432 g/mol. The van der Waals surface area contributed by atoms with Crippen molar-refractivity contribution in [3.63, 3.8) is 0 Å². The summed E-state index contributed by atoms with van der Waals surface area (Å²) in [6, 6.07) is 9.99. The summed E-state index contributed by atoms with van der Waals surface area (Å²) >= 11 is 0. The maximum Gasteiger partial charge on any atom is 0.317 e. The van der Waals surface area contributed by atoms with Crippen LogP contribution in [0.2, 0.25) is 0 Å². The van der Waals surface area contributed by atoms with E-state index in [1.165, 1.54) is 6.26 Å². The second-order valence-corrected chi connectivity index (χ2v) is 10.3. The minimum absolute atomic E-state index is 0.0583. The number of amides is 2. The van der Waals surface area contributed by atoms with E-state index >= 15 is 0 Å². The summed E-state index contributed by atoms with van der Waals surface area (Å²) in [7, 11) is -3.43. The molecule has 2 aromatic rings. The normalized spacial score (nSPS) is 19.1. The zero-order chi connectivity index (χ0) is 21.5. The molecule has 0 unspecified atom stereocenters. The van der Waals surface area contributed by atoms with Crippen LogP contribution in [-0.2, 0) is 22.1 Å². The van der Waals surface area contributed by atoms with Gasteiger partial charge in [-0.25, -0.2) is 18.2 Å². The van der Waals surface area contributed by atoms with Gasteiger partial charge in [0.15, 0.2) is 0 Å². The Hall–Kier alpha value is -2.39. The first-order chi connectivity index (χ1) is 14.2. The lowest BCUT2D eigenvalue weighted by molar-refractivity contribution is 0.0598. The number of likely N-dealkylation sites (tertiary alicyclic amines) is 1. The molecule has 30 heavy (non-hydrogen) atoms. The van der Waals surface area contributed by atoms with Crippen LogP contribution in [0.3, 0.4) is 0 Å². The number of sulfonamides is 1. The summed E-state index contributed by atoms with van der Waals surface area (Å²) in [6.45, 7) is 5.79. The van der Waals surface area contributed by atoms with Crippen molar-refractivity contribution in [1.29, 1.82) is 0 Å². The Kier molecular flexibility index (Phi) is 5.36. The lowest BCUT2D eigenvalue weighted by Crippen LogP contribution is -2.60. The molecule has 1 fully saturated rings. The van der Waals surface area contributed by atoms with Gasteiger partial charge in [-0.3, -0.25) is 0 Å². The van der Waals surface area contributed by atoms with E-state index in [4.69, 9.17) is 4.98 Å². The number of urea groups is 1. The average Bonchev–Trinajstić information content (AvgIpc) is 3.13. The van der Waals surface area contributed by atoms with E-state index in [1.807, 2.05) is 50.4 Å². The molecule has 8 nitrogen and oxygen atoms in total. The molecule has 0 aliphatic carbocycles. The Balaban J connectivity index is 1.71. The maximum absolute atomic E-state index is 12.7. The smallest absolute Gasteiger partial charge is 0.317 e. The standard InChI is InChI=1S/C21H29N5O3S/c1-16(2)23-20(27)24-11-9-21(10-12-24)19-22-15-18(17-7-5-4-6-8-17)25(19)13-14-26(21)30(3,28)29/h4-8,15-16H,9-14H2,1-3H3,(H,23,27). The predicted molar refractivity (Wildman–Crippen MR) is 115 cm³/mol. The third-order valence-electron chi connectivity index (χ3n) is 6.04. The molecule has 1 saturated heterocycles. The van der Waals surface area contributed by atoms with Gasteiger partial charge in [-0.15, -0.1) is 0 Å². The molecule has 0 atom stereocenters. The van der Waals surface area contributed by atoms with E-state index < -0.39 is 15.6 Å². The highest BCUT2D eigenvalue weighted by atomic mass is 32.2. The number of aromatic nitrogens is 2. The SMILES string of the molecule is CC(C)NC(=O)N1CCC2(CC1)c1ncc(-c3ccccc3)n1CCN2S(C)(=O)=O. The zero-order valence-electron chi connectivity index (χ0n) is 17.7. The van der Waals surface area contributed by atoms with Gasteiger partial charge in [0.25, 0.3) is 0 Å². The van der Waals surface area contributed by atoms with E-state index in [2.05, 4.69) is 9.88 Å². The summed E-state index contributed by atoms with van der Waals surface area (Å²) in [5.41, 5.74) is 1.33. The van der Waals surface area contributed by atoms with E-state index in [0.29, 0.717) is 39.0 Å². The van der Waals surface area contributed by atoms with E-state index in [1.54, 1.807) is 9.21 Å². The van der Waals surface area contributed by atoms with Crippen molar-refractivity contribution in [3.8, 4) is 11.3 Å². The van der Waals surface area contributed by atoms with E-state index in [9.17, 15) is 13.2 Å². The molecule has 2 amide bonds. The number of hydrogen-bond donors (Lipinski definition) is 1. The van der Waals surface area contributed by atoms with Crippen LogP contribution < -0.4 is 5.32 Å². The molecule has 162 valence electrons. The van der Waals surface area contributed by atoms with Gasteiger partial charge in [0.05, 0.1) is 23.7 Å². The van der Waals surface area contributed by atoms with Crippen molar-refractivity contribution in [3.05, 3.63) is 42.4 Å². The van der Waals surface area contributed by atoms with Crippen LogP contribution in [0.5, 0.6) is 0 Å². The number of fused-ring (bicyclic) bond motifs is 2. The minimum atomic E-state index is -3.43. The number of nitrogens with zero attached hydrogens (tertiary/aromatic N) is 4. The minimum Gasteiger partial charge on any atom is -0.336 e. The monoisotopic (exact) mass is 431 g/mol. The summed E-state index contributed by atoms with van der Waals surface area (Å²) in [5.74, 6) is 0.780. The highest BCUT2D eigenvalue weighted by molar-refractivity contribution is 7.88. The van der Waals surface area contributed by atoms with Crippen molar-refractivity contribution in [2.45, 2.75) is 44.8 Å². The summed E-state index contributed by atoms with van der Waals surface area (Å²) in [5, 5.41) is 2.92. The topological polar surface area (TPSA) is 87.5 Å². The predicted octanol–water partition coefficient (Wildman–Crippen LogP) is 2.23. The van der Waals surface area contributed by atoms with Gasteiger partial charge in [-0.2, -0.15) is 4.31 Å². The number of benzene rings is 1. The van der Waals surface area contributed by atoms with Crippen LogP contribution in [0.1, 0.15) is 32.5 Å². The first kappa shape index (κ1) is 20.9. The molecule has 0 bridgehead atoms. The first-order valence-corrected chi connectivity index (χ1v) is 12.2. The number of imidazole rings is 1. The van der Waals surface area contributed by atoms with Gasteiger partial charge in [0.2, 0.25) is 10.0 Å². The first-order valence-electron chi connectivity index (χ1n) is 10.4. The quantitative estimate of drug-likeness (QED) is 0.807. The number of carbonyl (C=O) groups is 1.